The molecule has 0 aromatic carbocycles. The molecule has 0 saturated heterocycles. The summed E-state index contributed by atoms with van der Waals surface area (Å²) in [5, 5.41) is 14.2. The van der Waals surface area contributed by atoms with Crippen LogP contribution in [0.5, 0.6) is 0 Å². The van der Waals surface area contributed by atoms with Crippen LogP contribution in [-0.2, 0) is 0 Å². The molecule has 3 N–H and O–H groups in total. The van der Waals surface area contributed by atoms with E-state index in [1.807, 2.05) is 6.20 Å². The van der Waals surface area contributed by atoms with Crippen LogP contribution in [0.15, 0.2) is 24.8 Å². The van der Waals surface area contributed by atoms with Crippen LogP contribution in [0.2, 0.25) is 0 Å². The second kappa shape index (κ2) is 2.77. The summed E-state index contributed by atoms with van der Waals surface area (Å²) in [6, 6.07) is 1.72. The van der Waals surface area contributed by atoms with Gasteiger partial charge in [-0.05, 0) is 0 Å². The first-order chi connectivity index (χ1) is 7.33. The molecule has 3 aromatic rings. The Morgan fingerprint density at radius 2 is 2.33 bits per heavy atom. The fourth-order valence-electron chi connectivity index (χ4n) is 1.34. The molecule has 0 saturated carbocycles. The maximum atomic E-state index is 5.51. The summed E-state index contributed by atoms with van der Waals surface area (Å²) in [4.78, 5) is 4.21. The normalized spacial score (nSPS) is 10.9. The van der Waals surface area contributed by atoms with Gasteiger partial charge in [-0.2, -0.15) is 5.10 Å². The van der Waals surface area contributed by atoms with E-state index in [4.69, 9.17) is 5.73 Å². The van der Waals surface area contributed by atoms with Gasteiger partial charge >= 0.3 is 0 Å². The molecule has 0 fully saturated rings. The third kappa shape index (κ3) is 1.21. The van der Waals surface area contributed by atoms with Crippen molar-refractivity contribution in [2.24, 2.45) is 0 Å². The zero-order chi connectivity index (χ0) is 10.3. The lowest BCUT2D eigenvalue weighted by Gasteiger charge is -1.96. The Morgan fingerprint density at radius 3 is 3.13 bits per heavy atom. The molecule has 0 spiro atoms. The minimum atomic E-state index is 0.440. The van der Waals surface area contributed by atoms with Crippen molar-refractivity contribution in [3.63, 3.8) is 0 Å². The number of nitrogens with zero attached hydrogens (tertiary/aromatic N) is 5. The first-order valence-corrected chi connectivity index (χ1v) is 4.29. The standard InChI is InChI=1S/C8H7N7/c9-7-1-5(12-13-7)6-3-15-4-11-14-8(15)2-10-6/h1-4H,(H3,9,12,13). The number of aromatic nitrogens is 6. The molecule has 7 heteroatoms. The minimum absolute atomic E-state index is 0.440. The molecule has 3 rings (SSSR count). The Labute approximate surface area is 84.0 Å². The van der Waals surface area contributed by atoms with Gasteiger partial charge in [-0.3, -0.25) is 9.50 Å². The number of nitrogens with one attached hydrogen (secondary N) is 1. The van der Waals surface area contributed by atoms with Crippen molar-refractivity contribution in [1.29, 1.82) is 0 Å². The van der Waals surface area contributed by atoms with Crippen molar-refractivity contribution in [3.8, 4) is 11.4 Å². The van der Waals surface area contributed by atoms with Crippen molar-refractivity contribution in [2.75, 3.05) is 5.73 Å². The van der Waals surface area contributed by atoms with Crippen molar-refractivity contribution >= 4 is 11.5 Å². The lowest BCUT2D eigenvalue weighted by Crippen LogP contribution is -1.89. The topological polar surface area (TPSA) is 97.8 Å². The van der Waals surface area contributed by atoms with Gasteiger partial charge in [0, 0.05) is 12.3 Å². The average Bonchev–Trinajstić information content (AvgIpc) is 2.84. The maximum Gasteiger partial charge on any atom is 0.179 e. The number of nitrogens with two attached hydrogens (primary N) is 1. The van der Waals surface area contributed by atoms with Gasteiger partial charge in [0.05, 0.1) is 11.9 Å². The van der Waals surface area contributed by atoms with Gasteiger partial charge in [0.2, 0.25) is 0 Å². The van der Waals surface area contributed by atoms with Crippen LogP contribution in [0.4, 0.5) is 5.82 Å². The summed E-state index contributed by atoms with van der Waals surface area (Å²) in [5.41, 5.74) is 7.72. The highest BCUT2D eigenvalue weighted by atomic mass is 15.2. The van der Waals surface area contributed by atoms with E-state index in [2.05, 4.69) is 25.4 Å². The van der Waals surface area contributed by atoms with Gasteiger partial charge in [-0.15, -0.1) is 10.2 Å². The Balaban J connectivity index is 2.18. The van der Waals surface area contributed by atoms with Gasteiger partial charge in [0.25, 0.3) is 0 Å². The van der Waals surface area contributed by atoms with Crippen molar-refractivity contribution in [3.05, 3.63) is 24.8 Å². The summed E-state index contributed by atoms with van der Waals surface area (Å²) < 4.78 is 1.78. The number of aromatic amines is 1. The maximum absolute atomic E-state index is 5.51. The number of H-pyrrole nitrogens is 1. The second-order valence-electron chi connectivity index (χ2n) is 3.08. The molecular weight excluding hydrogens is 194 g/mol. The first-order valence-electron chi connectivity index (χ1n) is 4.29. The molecule has 7 nitrogen and oxygen atoms in total. The van der Waals surface area contributed by atoms with Crippen molar-refractivity contribution in [1.82, 2.24) is 29.8 Å². The largest absolute Gasteiger partial charge is 0.382 e. The zero-order valence-electron chi connectivity index (χ0n) is 7.62. The molecule has 3 aromatic heterocycles. The summed E-state index contributed by atoms with van der Waals surface area (Å²) in [6.07, 6.45) is 5.06. The number of hydrogen-bond acceptors (Lipinski definition) is 5. The van der Waals surface area contributed by atoms with E-state index < -0.39 is 0 Å². The van der Waals surface area contributed by atoms with Crippen LogP contribution in [0.25, 0.3) is 17.0 Å². The third-order valence-corrected chi connectivity index (χ3v) is 2.05. The van der Waals surface area contributed by atoms with Gasteiger partial charge in [0.15, 0.2) is 5.65 Å². The highest BCUT2D eigenvalue weighted by Gasteiger charge is 2.04. The number of nitrogen functional groups attached to an aromatic ring is 1. The lowest BCUT2D eigenvalue weighted by atomic mass is 10.3. The van der Waals surface area contributed by atoms with Crippen LogP contribution < -0.4 is 5.73 Å². The van der Waals surface area contributed by atoms with Crippen LogP contribution in [-0.4, -0.2) is 29.8 Å². The van der Waals surface area contributed by atoms with E-state index in [-0.39, 0.29) is 0 Å². The summed E-state index contributed by atoms with van der Waals surface area (Å²) in [5.74, 6) is 0.440. The Kier molecular flexibility index (Phi) is 1.46. The molecule has 74 valence electrons. The quantitative estimate of drug-likeness (QED) is 0.581. The van der Waals surface area contributed by atoms with E-state index in [1.54, 1.807) is 23.0 Å². The van der Waals surface area contributed by atoms with Gasteiger partial charge < -0.3 is 5.73 Å². The molecule has 0 amide bonds. The van der Waals surface area contributed by atoms with E-state index in [9.17, 15) is 0 Å². The van der Waals surface area contributed by atoms with E-state index >= 15 is 0 Å². The van der Waals surface area contributed by atoms with Crippen LogP contribution in [0.1, 0.15) is 0 Å². The molecular formula is C8H7N7. The number of hydrogen-bond donors (Lipinski definition) is 2. The SMILES string of the molecule is Nc1cc(-c2cn3cnnc3cn2)[nH]n1. The predicted octanol–water partition coefficient (Wildman–Crippen LogP) is 0.0966. The predicted molar refractivity (Wildman–Crippen MR) is 52.8 cm³/mol. The molecule has 15 heavy (non-hydrogen) atoms. The number of rotatable bonds is 1. The zero-order valence-corrected chi connectivity index (χ0v) is 7.62. The molecule has 0 aliphatic rings. The van der Waals surface area contributed by atoms with E-state index in [0.29, 0.717) is 11.5 Å². The van der Waals surface area contributed by atoms with Gasteiger partial charge in [-0.25, -0.2) is 4.98 Å². The fraction of sp³-hybridized carbons (Fsp3) is 0. The molecule has 0 radical (unpaired) electrons. The van der Waals surface area contributed by atoms with E-state index in [1.165, 1.54) is 0 Å². The number of fused-ring (bicyclic) bond motifs is 1. The monoisotopic (exact) mass is 201 g/mol. The summed E-state index contributed by atoms with van der Waals surface area (Å²) in [6.45, 7) is 0. The highest BCUT2D eigenvalue weighted by Crippen LogP contribution is 2.15. The van der Waals surface area contributed by atoms with Crippen molar-refractivity contribution in [2.45, 2.75) is 0 Å². The molecule has 0 atom stereocenters. The summed E-state index contributed by atoms with van der Waals surface area (Å²) >= 11 is 0. The molecule has 3 heterocycles. The molecule has 0 bridgehead atoms. The van der Waals surface area contributed by atoms with Gasteiger partial charge in [0.1, 0.15) is 17.8 Å². The second-order valence-corrected chi connectivity index (χ2v) is 3.08. The molecule has 0 aliphatic carbocycles. The lowest BCUT2D eigenvalue weighted by molar-refractivity contribution is 1.07. The first kappa shape index (κ1) is 7.92. The van der Waals surface area contributed by atoms with E-state index in [0.717, 1.165) is 11.4 Å². The highest BCUT2D eigenvalue weighted by molar-refractivity contribution is 5.58. The molecule has 0 aliphatic heterocycles. The Morgan fingerprint density at radius 1 is 1.40 bits per heavy atom. The summed E-state index contributed by atoms with van der Waals surface area (Å²) in [7, 11) is 0. The minimum Gasteiger partial charge on any atom is -0.382 e. The molecule has 0 unspecified atom stereocenters. The fourth-order valence-corrected chi connectivity index (χ4v) is 1.34. The Bertz CT molecular complexity index is 608. The van der Waals surface area contributed by atoms with Crippen molar-refractivity contribution < 1.29 is 0 Å². The average molecular weight is 201 g/mol. The van der Waals surface area contributed by atoms with Crippen LogP contribution >= 0.6 is 0 Å². The third-order valence-electron chi connectivity index (χ3n) is 2.05. The smallest absolute Gasteiger partial charge is 0.179 e. The number of anilines is 1. The van der Waals surface area contributed by atoms with Gasteiger partial charge in [-0.1, -0.05) is 0 Å². The van der Waals surface area contributed by atoms with Crippen LogP contribution in [0, 0.1) is 0 Å². The Hall–Kier alpha value is -2.44. The van der Waals surface area contributed by atoms with Crippen LogP contribution in [0.3, 0.4) is 0 Å².